The second-order valence-electron chi connectivity index (χ2n) is 5.75. The number of amides is 1. The van der Waals surface area contributed by atoms with Gasteiger partial charge in [0.25, 0.3) is 0 Å². The van der Waals surface area contributed by atoms with Crippen LogP contribution in [0.25, 0.3) is 0 Å². The first kappa shape index (κ1) is 15.9. The van der Waals surface area contributed by atoms with E-state index in [4.69, 9.17) is 0 Å². The number of aromatic carboxylic acids is 1. The molecule has 0 saturated heterocycles. The molecule has 5 nitrogen and oxygen atoms in total. The lowest BCUT2D eigenvalue weighted by Crippen LogP contribution is -2.27. The summed E-state index contributed by atoms with van der Waals surface area (Å²) in [5, 5.41) is 9.67. The van der Waals surface area contributed by atoms with Crippen LogP contribution in [0.5, 0.6) is 0 Å². The molecule has 1 aromatic heterocycles. The average Bonchev–Trinajstić information content (AvgIpc) is 2.87. The molecule has 0 unspecified atom stereocenters. The second-order valence-corrected chi connectivity index (χ2v) is 6.50. The summed E-state index contributed by atoms with van der Waals surface area (Å²) in [6.45, 7) is 1.66. The smallest absolute Gasteiger partial charge is 0.340 e. The summed E-state index contributed by atoms with van der Waals surface area (Å²) in [7, 11) is 1.64. The standard InChI is InChI=1S/C15H22N2O3S/c1-10-13(15(19)20)14(21-16-10)17(2)12(18)9-8-11-6-4-3-5-7-11/h11H,3-9H2,1-2H3,(H,19,20). The minimum Gasteiger partial charge on any atom is -0.478 e. The molecule has 21 heavy (non-hydrogen) atoms. The lowest BCUT2D eigenvalue weighted by Gasteiger charge is -2.22. The van der Waals surface area contributed by atoms with Crippen molar-refractivity contribution in [3.05, 3.63) is 11.3 Å². The number of hydrogen-bond donors (Lipinski definition) is 1. The average molecular weight is 310 g/mol. The Labute approximate surface area is 129 Å². The van der Waals surface area contributed by atoms with Crippen LogP contribution in [0.15, 0.2) is 0 Å². The number of carboxylic acid groups (broad SMARTS) is 1. The monoisotopic (exact) mass is 310 g/mol. The highest BCUT2D eigenvalue weighted by atomic mass is 32.1. The largest absolute Gasteiger partial charge is 0.478 e. The molecule has 1 amide bonds. The van der Waals surface area contributed by atoms with E-state index in [1.165, 1.54) is 37.0 Å². The topological polar surface area (TPSA) is 70.5 Å². The lowest BCUT2D eigenvalue weighted by atomic mass is 9.86. The Morgan fingerprint density at radius 3 is 2.62 bits per heavy atom. The molecule has 0 radical (unpaired) electrons. The maximum atomic E-state index is 12.3. The molecule has 116 valence electrons. The van der Waals surface area contributed by atoms with E-state index in [1.807, 2.05) is 0 Å². The van der Waals surface area contributed by atoms with E-state index in [-0.39, 0.29) is 11.5 Å². The molecule has 1 heterocycles. The molecule has 0 spiro atoms. The van der Waals surface area contributed by atoms with Gasteiger partial charge in [-0.25, -0.2) is 4.79 Å². The summed E-state index contributed by atoms with van der Waals surface area (Å²) in [5.74, 6) is -0.395. The van der Waals surface area contributed by atoms with Gasteiger partial charge in [-0.2, -0.15) is 4.37 Å². The normalized spacial score (nSPS) is 15.9. The number of nitrogens with zero attached hydrogens (tertiary/aromatic N) is 2. The van der Waals surface area contributed by atoms with Crippen molar-refractivity contribution in [1.82, 2.24) is 4.37 Å². The number of carbonyl (C=O) groups is 2. The first-order valence-corrected chi connectivity index (χ1v) is 8.24. The van der Waals surface area contributed by atoms with E-state index in [2.05, 4.69) is 4.37 Å². The molecule has 1 saturated carbocycles. The second kappa shape index (κ2) is 7.02. The van der Waals surface area contributed by atoms with E-state index in [1.54, 1.807) is 14.0 Å². The quantitative estimate of drug-likeness (QED) is 0.904. The Morgan fingerprint density at radius 1 is 1.33 bits per heavy atom. The number of aryl methyl sites for hydroxylation is 1. The van der Waals surface area contributed by atoms with Crippen molar-refractivity contribution < 1.29 is 14.7 Å². The highest BCUT2D eigenvalue weighted by Crippen LogP contribution is 2.30. The van der Waals surface area contributed by atoms with Gasteiger partial charge in [0.05, 0.1) is 5.69 Å². The van der Waals surface area contributed by atoms with Crippen molar-refractivity contribution in [3.8, 4) is 0 Å². The van der Waals surface area contributed by atoms with Crippen LogP contribution in [-0.4, -0.2) is 28.4 Å². The third kappa shape index (κ3) is 3.81. The predicted octanol–water partition coefficient (Wildman–Crippen LogP) is 3.47. The first-order chi connectivity index (χ1) is 10.0. The summed E-state index contributed by atoms with van der Waals surface area (Å²) in [4.78, 5) is 25.0. The van der Waals surface area contributed by atoms with Crippen molar-refractivity contribution in [3.63, 3.8) is 0 Å². The number of aromatic nitrogens is 1. The number of carbonyl (C=O) groups excluding carboxylic acids is 1. The van der Waals surface area contributed by atoms with Crippen molar-refractivity contribution in [2.24, 2.45) is 5.92 Å². The molecule has 0 aliphatic heterocycles. The SMILES string of the molecule is Cc1nsc(N(C)C(=O)CCC2CCCCC2)c1C(=O)O. The molecule has 6 heteroatoms. The van der Waals surface area contributed by atoms with Crippen molar-refractivity contribution in [1.29, 1.82) is 0 Å². The Kier molecular flexibility index (Phi) is 5.33. The van der Waals surface area contributed by atoms with Crippen molar-refractivity contribution >= 4 is 28.4 Å². The number of anilines is 1. The van der Waals surface area contributed by atoms with Crippen molar-refractivity contribution in [2.45, 2.75) is 51.9 Å². The minimum absolute atomic E-state index is 0.0216. The third-order valence-corrected chi connectivity index (χ3v) is 5.24. The molecule has 0 atom stereocenters. The van der Waals surface area contributed by atoms with Gasteiger partial charge >= 0.3 is 5.97 Å². The van der Waals surface area contributed by atoms with Gasteiger partial charge in [0.15, 0.2) is 0 Å². The van der Waals surface area contributed by atoms with Gasteiger partial charge in [-0.15, -0.1) is 0 Å². The molecular formula is C15H22N2O3S. The molecule has 0 bridgehead atoms. The van der Waals surface area contributed by atoms with Gasteiger partial charge in [0, 0.05) is 13.5 Å². The zero-order valence-corrected chi connectivity index (χ0v) is 13.4. The van der Waals surface area contributed by atoms with E-state index in [0.717, 1.165) is 18.0 Å². The van der Waals surface area contributed by atoms with Crippen LogP contribution >= 0.6 is 11.5 Å². The zero-order chi connectivity index (χ0) is 15.4. The fourth-order valence-corrected chi connectivity index (χ4v) is 3.78. The molecule has 0 aromatic carbocycles. The fourth-order valence-electron chi connectivity index (χ4n) is 2.92. The number of hydrogen-bond acceptors (Lipinski definition) is 4. The Morgan fingerprint density at radius 2 is 2.00 bits per heavy atom. The van der Waals surface area contributed by atoms with Gasteiger partial charge in [0.2, 0.25) is 5.91 Å². The fraction of sp³-hybridized carbons (Fsp3) is 0.667. The summed E-state index contributed by atoms with van der Waals surface area (Å²) >= 11 is 1.08. The van der Waals surface area contributed by atoms with Crippen LogP contribution in [-0.2, 0) is 4.79 Å². The van der Waals surface area contributed by atoms with E-state index in [0.29, 0.717) is 23.0 Å². The Balaban J connectivity index is 1.97. The highest BCUT2D eigenvalue weighted by Gasteiger charge is 2.24. The maximum absolute atomic E-state index is 12.3. The lowest BCUT2D eigenvalue weighted by molar-refractivity contribution is -0.118. The molecule has 1 fully saturated rings. The Bertz CT molecular complexity index is 521. The molecule has 2 rings (SSSR count). The molecule has 1 aliphatic carbocycles. The third-order valence-electron chi connectivity index (χ3n) is 4.23. The number of carboxylic acids is 1. The summed E-state index contributed by atoms with van der Waals surface area (Å²) in [6, 6.07) is 0. The van der Waals surface area contributed by atoms with Crippen LogP contribution in [0.4, 0.5) is 5.00 Å². The molecule has 1 aliphatic rings. The first-order valence-electron chi connectivity index (χ1n) is 7.46. The zero-order valence-electron chi connectivity index (χ0n) is 12.6. The van der Waals surface area contributed by atoms with Gasteiger partial charge in [0.1, 0.15) is 10.6 Å². The van der Waals surface area contributed by atoms with Crippen LogP contribution in [0.3, 0.4) is 0 Å². The van der Waals surface area contributed by atoms with Gasteiger partial charge < -0.3 is 10.0 Å². The minimum atomic E-state index is -1.02. The van der Waals surface area contributed by atoms with Gasteiger partial charge in [-0.3, -0.25) is 4.79 Å². The van der Waals surface area contributed by atoms with Crippen LogP contribution in [0, 0.1) is 12.8 Å². The van der Waals surface area contributed by atoms with Gasteiger partial charge in [-0.05, 0) is 30.8 Å². The highest BCUT2D eigenvalue weighted by molar-refractivity contribution is 7.11. The summed E-state index contributed by atoms with van der Waals surface area (Å²) < 4.78 is 4.06. The van der Waals surface area contributed by atoms with Crippen LogP contribution < -0.4 is 4.90 Å². The van der Waals surface area contributed by atoms with E-state index in [9.17, 15) is 14.7 Å². The molecule has 1 N–H and O–H groups in total. The summed E-state index contributed by atoms with van der Waals surface area (Å²) in [6.07, 6.45) is 7.68. The van der Waals surface area contributed by atoms with E-state index < -0.39 is 5.97 Å². The van der Waals surface area contributed by atoms with Crippen LogP contribution in [0.1, 0.15) is 61.0 Å². The van der Waals surface area contributed by atoms with E-state index >= 15 is 0 Å². The van der Waals surface area contributed by atoms with Crippen LogP contribution in [0.2, 0.25) is 0 Å². The molecule has 1 aromatic rings. The predicted molar refractivity (Wildman–Crippen MR) is 83.0 cm³/mol. The maximum Gasteiger partial charge on any atom is 0.340 e. The molecular weight excluding hydrogens is 288 g/mol. The van der Waals surface area contributed by atoms with Crippen molar-refractivity contribution in [2.75, 3.05) is 11.9 Å². The summed E-state index contributed by atoms with van der Waals surface area (Å²) in [5.41, 5.74) is 0.614. The van der Waals surface area contributed by atoms with Gasteiger partial charge in [-0.1, -0.05) is 32.1 Å². The number of rotatable bonds is 5. The Hall–Kier alpha value is -1.43.